The minimum Gasteiger partial charge on any atom is -0.457 e. The molecule has 0 spiro atoms. The number of rotatable bonds is 5. The lowest BCUT2D eigenvalue weighted by atomic mass is 9.46. The summed E-state index contributed by atoms with van der Waals surface area (Å²) in [6.45, 7) is 6.21. The summed E-state index contributed by atoms with van der Waals surface area (Å²) in [6, 6.07) is 0. The van der Waals surface area contributed by atoms with Gasteiger partial charge in [-0.15, -0.1) is 0 Å². The number of aliphatic hydroxyl groups is 1. The summed E-state index contributed by atoms with van der Waals surface area (Å²) in [5.41, 5.74) is -2.91. The first-order valence-corrected chi connectivity index (χ1v) is 14.0. The molecule has 0 aromatic carbocycles. The van der Waals surface area contributed by atoms with E-state index in [1.807, 2.05) is 13.0 Å². The topological polar surface area (TPSA) is 99.1 Å². The maximum Gasteiger partial charge on any atom is 0.308 e. The fourth-order valence-corrected chi connectivity index (χ4v) is 8.62. The van der Waals surface area contributed by atoms with Crippen molar-refractivity contribution in [2.24, 2.45) is 40.4 Å². The molecule has 1 N–H and O–H groups in total. The molecule has 6 rings (SSSR count). The number of hydrogen-bond donors (Lipinski definition) is 1. The Labute approximate surface area is 244 Å². The Morgan fingerprint density at radius 1 is 1.26 bits per heavy atom. The van der Waals surface area contributed by atoms with E-state index in [-0.39, 0.29) is 36.4 Å². The van der Waals surface area contributed by atoms with E-state index < -0.39 is 97.0 Å². The quantitative estimate of drug-likeness (QED) is 0.496. The van der Waals surface area contributed by atoms with Crippen LogP contribution in [0.15, 0.2) is 23.8 Å². The van der Waals surface area contributed by atoms with E-state index in [1.54, 1.807) is 26.8 Å². The highest BCUT2D eigenvalue weighted by Gasteiger charge is 2.76. The molecule has 7 heteroatoms. The van der Waals surface area contributed by atoms with Crippen LogP contribution < -0.4 is 0 Å². The van der Waals surface area contributed by atoms with E-state index >= 15 is 0 Å². The maximum absolute atomic E-state index is 14.5. The van der Waals surface area contributed by atoms with Gasteiger partial charge in [0.15, 0.2) is 24.3 Å². The minimum absolute atomic E-state index is 0.00202. The summed E-state index contributed by atoms with van der Waals surface area (Å²) in [6.07, 6.45) is -12.3. The summed E-state index contributed by atoms with van der Waals surface area (Å²) < 4.78 is 95.0. The van der Waals surface area contributed by atoms with E-state index in [2.05, 4.69) is 0 Å². The zero-order chi connectivity index (χ0) is 35.8. The zero-order valence-electron chi connectivity index (χ0n) is 31.9. The van der Waals surface area contributed by atoms with Crippen molar-refractivity contribution < 1.29 is 46.0 Å². The molecule has 0 aromatic rings. The molecule has 1 unspecified atom stereocenters. The van der Waals surface area contributed by atoms with Crippen LogP contribution in [0.4, 0.5) is 0 Å². The Kier molecular flexibility index (Phi) is 4.58. The van der Waals surface area contributed by atoms with Crippen molar-refractivity contribution in [2.45, 2.75) is 109 Å². The van der Waals surface area contributed by atoms with Gasteiger partial charge < -0.3 is 19.3 Å². The standard InChI is InChI=1S/C32H44O7/c1-18(2)28(36)37-17-25(35)32-26(38-29(39-32)19-8-6-5-7-9-19)15-23-22-11-10-20-14-21(33)12-13-30(20,3)27(22)24(34)16-31(23,32)4/h12-14,18-19,22-24,26-27,29,34H,5-11,15-17H2,1-4H3/t22-,23-,24-,26+,27+,29+,30-,31-,32+/m0/s1/i5D2,6D2,7D2,8D2,19D/t19?,22-,23-,24-,26+,27+,29+,30-,31-,32+. The van der Waals surface area contributed by atoms with Crippen molar-refractivity contribution >= 4 is 17.5 Å². The molecule has 39 heavy (non-hydrogen) atoms. The van der Waals surface area contributed by atoms with Crippen LogP contribution in [0.25, 0.3) is 0 Å². The number of fused-ring (bicyclic) bond motifs is 7. The molecule has 1 heterocycles. The average Bonchev–Trinajstić information content (AvgIpc) is 3.48. The highest BCUT2D eigenvalue weighted by atomic mass is 16.7. The van der Waals surface area contributed by atoms with Crippen LogP contribution in [0, 0.1) is 40.4 Å². The smallest absolute Gasteiger partial charge is 0.308 e. The van der Waals surface area contributed by atoms with Crippen molar-refractivity contribution in [1.29, 1.82) is 0 Å². The third-order valence-electron chi connectivity index (χ3n) is 10.4. The van der Waals surface area contributed by atoms with Gasteiger partial charge in [-0.1, -0.05) is 58.5 Å². The number of carbonyl (C=O) groups excluding carboxylic acids is 3. The molecule has 1 saturated heterocycles. The number of ketones is 2. The summed E-state index contributed by atoms with van der Waals surface area (Å²) in [5, 5.41) is 12.0. The van der Waals surface area contributed by atoms with Crippen molar-refractivity contribution in [2.75, 3.05) is 6.61 Å². The van der Waals surface area contributed by atoms with E-state index in [1.165, 1.54) is 6.08 Å². The molecule has 0 radical (unpaired) electrons. The minimum atomic E-state index is -3.52. The van der Waals surface area contributed by atoms with Crippen LogP contribution in [0.1, 0.15) is 97.6 Å². The monoisotopic (exact) mass is 549 g/mol. The van der Waals surface area contributed by atoms with Gasteiger partial charge in [0.2, 0.25) is 5.78 Å². The Morgan fingerprint density at radius 3 is 2.82 bits per heavy atom. The first-order valence-electron chi connectivity index (χ1n) is 18.5. The molecule has 1 aliphatic heterocycles. The predicted octanol–water partition coefficient (Wildman–Crippen LogP) is 4.70. The largest absolute Gasteiger partial charge is 0.457 e. The molecular formula is C32H44O7. The third-order valence-corrected chi connectivity index (χ3v) is 10.4. The highest BCUT2D eigenvalue weighted by molar-refractivity contribution is 6.01. The van der Waals surface area contributed by atoms with E-state index in [4.69, 9.17) is 25.2 Å². The summed E-state index contributed by atoms with van der Waals surface area (Å²) >= 11 is 0. The van der Waals surface area contributed by atoms with Gasteiger partial charge in [-0.3, -0.25) is 14.4 Å². The fourth-order valence-electron chi connectivity index (χ4n) is 8.62. The van der Waals surface area contributed by atoms with E-state index in [9.17, 15) is 20.9 Å². The average molecular weight is 550 g/mol. The predicted molar refractivity (Wildman–Crippen MR) is 143 cm³/mol. The van der Waals surface area contributed by atoms with Gasteiger partial charge in [0, 0.05) is 35.0 Å². The molecule has 0 aromatic heterocycles. The second-order valence-corrected chi connectivity index (χ2v) is 12.7. The Morgan fingerprint density at radius 2 is 2.05 bits per heavy atom. The van der Waals surface area contributed by atoms with Gasteiger partial charge in [0.05, 0.1) is 18.1 Å². The Bertz CT molecular complexity index is 1500. The van der Waals surface area contributed by atoms with Crippen LogP contribution in [-0.4, -0.2) is 53.3 Å². The summed E-state index contributed by atoms with van der Waals surface area (Å²) in [4.78, 5) is 39.2. The lowest BCUT2D eigenvalue weighted by molar-refractivity contribution is -0.210. The molecular weight excluding hydrogens is 496 g/mol. The number of Topliss-reactive ketones (excluding diaryl/α,β-unsaturated/α-hetero) is 1. The zero-order valence-corrected chi connectivity index (χ0v) is 22.9. The van der Waals surface area contributed by atoms with Crippen LogP contribution in [0.2, 0.25) is 0 Å². The first-order chi connectivity index (χ1) is 21.9. The van der Waals surface area contributed by atoms with Crippen molar-refractivity contribution in [3.05, 3.63) is 23.8 Å². The van der Waals surface area contributed by atoms with Gasteiger partial charge in [0.25, 0.3) is 0 Å². The van der Waals surface area contributed by atoms with Gasteiger partial charge in [-0.2, -0.15) is 0 Å². The highest BCUT2D eigenvalue weighted by Crippen LogP contribution is 2.70. The van der Waals surface area contributed by atoms with Crippen molar-refractivity contribution in [3.8, 4) is 0 Å². The Balaban J connectivity index is 1.43. The number of allylic oxidation sites excluding steroid dienone is 4. The lowest BCUT2D eigenvalue weighted by Crippen LogP contribution is -2.63. The second-order valence-electron chi connectivity index (χ2n) is 12.7. The normalized spacial score (nSPS) is 57.1. The SMILES string of the molecule is [2H]C1([2H])CC([2H])([C@@H]2O[C@@H]3C[C@H]4[C@@H]5CCC6=CC(=O)C=C[C@]6(C)[C@H]5[C@@H](O)C[C@]4(C)[C@]3(C(=O)COC(=O)C(C)C)O2)C([2H])([2H])C([2H])([2H])C1([2H])[2H]. The van der Waals surface area contributed by atoms with Crippen LogP contribution in [0.3, 0.4) is 0 Å². The van der Waals surface area contributed by atoms with Gasteiger partial charge in [0.1, 0.15) is 0 Å². The van der Waals surface area contributed by atoms with Crippen molar-refractivity contribution in [1.82, 2.24) is 0 Å². The van der Waals surface area contributed by atoms with Gasteiger partial charge in [-0.25, -0.2) is 0 Å². The Hall–Kier alpha value is -1.83. The fraction of sp³-hybridized carbons (Fsp3) is 0.781. The second kappa shape index (κ2) is 9.63. The summed E-state index contributed by atoms with van der Waals surface area (Å²) in [7, 11) is 0. The van der Waals surface area contributed by atoms with E-state index in [0.717, 1.165) is 5.57 Å². The lowest BCUT2D eigenvalue weighted by Gasteiger charge is -2.59. The van der Waals surface area contributed by atoms with Crippen LogP contribution in [-0.2, 0) is 28.6 Å². The van der Waals surface area contributed by atoms with Gasteiger partial charge >= 0.3 is 5.97 Å². The molecule has 214 valence electrons. The molecule has 0 bridgehead atoms. The molecule has 10 atom stereocenters. The van der Waals surface area contributed by atoms with Gasteiger partial charge in [-0.05, 0) is 62.5 Å². The number of aliphatic hydroxyl groups excluding tert-OH is 1. The van der Waals surface area contributed by atoms with Crippen molar-refractivity contribution in [3.63, 3.8) is 0 Å². The number of ether oxygens (including phenoxy) is 3. The molecule has 0 amide bonds. The summed E-state index contributed by atoms with van der Waals surface area (Å²) in [5.74, 6) is -5.75. The molecule has 6 aliphatic rings. The first kappa shape index (κ1) is 18.6. The van der Waals surface area contributed by atoms with E-state index in [0.29, 0.717) is 12.8 Å². The third kappa shape index (κ3) is 3.97. The molecule has 5 aliphatic carbocycles. The van der Waals surface area contributed by atoms with Crippen LogP contribution >= 0.6 is 0 Å². The molecule has 7 nitrogen and oxygen atoms in total. The maximum atomic E-state index is 14.5. The van der Waals surface area contributed by atoms with Crippen LogP contribution in [0.5, 0.6) is 0 Å². The molecule has 4 saturated carbocycles. The number of hydrogen-bond acceptors (Lipinski definition) is 7. The molecule has 5 fully saturated rings. The number of carbonyl (C=O) groups is 3. The number of esters is 1.